The van der Waals surface area contributed by atoms with Gasteiger partial charge in [-0.25, -0.2) is 4.89 Å². The Balaban J connectivity index is 1.53. The average molecular weight is 322 g/mol. The normalized spacial score (nSPS) is 27.7. The first-order chi connectivity index (χ1) is 11.8. The molecule has 3 aliphatic rings. The molecule has 1 unspecified atom stereocenters. The fraction of sp³-hybridized carbons (Fsp3) is 0.429. The summed E-state index contributed by atoms with van der Waals surface area (Å²) in [6.07, 6.45) is 6.42. The second-order valence-electron chi connectivity index (χ2n) is 7.33. The molecule has 2 spiro atoms. The van der Waals surface area contributed by atoms with Crippen LogP contribution in [0.1, 0.15) is 43.2 Å². The van der Waals surface area contributed by atoms with Gasteiger partial charge in [0.25, 0.3) is 0 Å². The lowest BCUT2D eigenvalue weighted by atomic mass is 9.80. The molecule has 1 saturated heterocycles. The third-order valence-corrected chi connectivity index (χ3v) is 5.75. The zero-order valence-corrected chi connectivity index (χ0v) is 13.8. The Hall–Kier alpha value is -1.68. The van der Waals surface area contributed by atoms with E-state index in [1.54, 1.807) is 0 Å². The number of fused-ring (bicyclic) bond motifs is 4. The minimum Gasteiger partial charge on any atom is -0.340 e. The molecule has 5 rings (SSSR count). The molecule has 3 nitrogen and oxygen atoms in total. The molecule has 1 saturated carbocycles. The van der Waals surface area contributed by atoms with Crippen molar-refractivity contribution in [3.8, 4) is 11.1 Å². The lowest BCUT2D eigenvalue weighted by molar-refractivity contribution is -0.522. The number of hydrogen-bond donors (Lipinski definition) is 0. The van der Waals surface area contributed by atoms with Gasteiger partial charge in [0.1, 0.15) is 5.60 Å². The molecule has 1 atom stereocenters. The molecule has 0 aromatic heterocycles. The molecule has 2 aliphatic carbocycles. The highest BCUT2D eigenvalue weighted by atomic mass is 17.2. The monoisotopic (exact) mass is 322 g/mol. The SMILES string of the molecule is c1ccc2c(c1)CC1(OCC3(CCCCC3)OO1)c1ccccc1-2. The van der Waals surface area contributed by atoms with Crippen LogP contribution in [-0.4, -0.2) is 12.2 Å². The van der Waals surface area contributed by atoms with Crippen LogP contribution < -0.4 is 0 Å². The van der Waals surface area contributed by atoms with E-state index in [-0.39, 0.29) is 5.60 Å². The van der Waals surface area contributed by atoms with Crippen molar-refractivity contribution in [1.82, 2.24) is 0 Å². The van der Waals surface area contributed by atoms with Crippen molar-refractivity contribution in [2.24, 2.45) is 0 Å². The molecule has 1 aliphatic heterocycles. The van der Waals surface area contributed by atoms with Crippen LogP contribution >= 0.6 is 0 Å². The number of ether oxygens (including phenoxy) is 1. The second-order valence-corrected chi connectivity index (χ2v) is 7.33. The third kappa shape index (κ3) is 2.16. The standard InChI is InChI=1S/C21H22O3/c1-6-12-20(13-7-1)15-22-21(24-23-20)14-16-8-2-3-9-17(16)18-10-4-5-11-19(18)21/h2-5,8-11H,1,6-7,12-15H2. The lowest BCUT2D eigenvalue weighted by Gasteiger charge is -2.48. The highest BCUT2D eigenvalue weighted by Gasteiger charge is 2.50. The highest BCUT2D eigenvalue weighted by molar-refractivity contribution is 5.74. The molecule has 0 amide bonds. The van der Waals surface area contributed by atoms with Crippen molar-refractivity contribution in [3.63, 3.8) is 0 Å². The fourth-order valence-electron chi connectivity index (χ4n) is 4.41. The largest absolute Gasteiger partial charge is 0.340 e. The third-order valence-electron chi connectivity index (χ3n) is 5.75. The van der Waals surface area contributed by atoms with Gasteiger partial charge >= 0.3 is 0 Å². The zero-order valence-electron chi connectivity index (χ0n) is 13.8. The van der Waals surface area contributed by atoms with Crippen LogP contribution in [0.4, 0.5) is 0 Å². The van der Waals surface area contributed by atoms with Gasteiger partial charge in [-0.05, 0) is 29.5 Å². The quantitative estimate of drug-likeness (QED) is 0.655. The smallest absolute Gasteiger partial charge is 0.232 e. The number of benzene rings is 2. The summed E-state index contributed by atoms with van der Waals surface area (Å²) in [6.45, 7) is 0.615. The molecule has 2 fully saturated rings. The molecule has 3 heteroatoms. The zero-order chi connectivity index (χ0) is 16.0. The summed E-state index contributed by atoms with van der Waals surface area (Å²) in [5, 5.41) is 0. The maximum Gasteiger partial charge on any atom is 0.232 e. The average Bonchev–Trinajstić information content (AvgIpc) is 2.66. The molecular weight excluding hydrogens is 300 g/mol. The van der Waals surface area contributed by atoms with Gasteiger partial charge in [-0.1, -0.05) is 67.8 Å². The molecule has 0 radical (unpaired) electrons. The van der Waals surface area contributed by atoms with Crippen LogP contribution in [0, 0.1) is 0 Å². The van der Waals surface area contributed by atoms with E-state index in [1.165, 1.54) is 36.0 Å². The Morgan fingerprint density at radius 2 is 1.50 bits per heavy atom. The minimum atomic E-state index is -0.812. The van der Waals surface area contributed by atoms with Gasteiger partial charge in [-0.3, -0.25) is 0 Å². The summed E-state index contributed by atoms with van der Waals surface area (Å²) in [6, 6.07) is 16.9. The molecule has 1 heterocycles. The lowest BCUT2D eigenvalue weighted by Crippen LogP contribution is -2.53. The topological polar surface area (TPSA) is 27.7 Å². The Morgan fingerprint density at radius 3 is 2.29 bits per heavy atom. The van der Waals surface area contributed by atoms with Crippen LogP contribution in [0.15, 0.2) is 48.5 Å². The van der Waals surface area contributed by atoms with E-state index in [9.17, 15) is 0 Å². The summed E-state index contributed by atoms with van der Waals surface area (Å²) < 4.78 is 6.44. The minimum absolute atomic E-state index is 0.241. The van der Waals surface area contributed by atoms with Crippen LogP contribution in [0.25, 0.3) is 11.1 Å². The maximum atomic E-state index is 6.44. The van der Waals surface area contributed by atoms with Crippen molar-refractivity contribution >= 4 is 0 Å². The molecule has 0 bridgehead atoms. The highest BCUT2D eigenvalue weighted by Crippen LogP contribution is 2.49. The number of rotatable bonds is 0. The van der Waals surface area contributed by atoms with Crippen molar-refractivity contribution < 1.29 is 14.5 Å². The van der Waals surface area contributed by atoms with Gasteiger partial charge < -0.3 is 4.74 Å². The summed E-state index contributed by atoms with van der Waals surface area (Å²) >= 11 is 0. The van der Waals surface area contributed by atoms with E-state index in [0.717, 1.165) is 18.4 Å². The second kappa shape index (κ2) is 5.41. The first kappa shape index (κ1) is 14.6. The van der Waals surface area contributed by atoms with Crippen molar-refractivity contribution in [2.75, 3.05) is 6.61 Å². The van der Waals surface area contributed by atoms with Gasteiger partial charge in [0.15, 0.2) is 0 Å². The fourth-order valence-corrected chi connectivity index (χ4v) is 4.41. The number of hydrogen-bond acceptors (Lipinski definition) is 3. The van der Waals surface area contributed by atoms with Gasteiger partial charge in [-0.2, -0.15) is 4.89 Å². The first-order valence-electron chi connectivity index (χ1n) is 8.99. The van der Waals surface area contributed by atoms with Gasteiger partial charge in [0.2, 0.25) is 5.79 Å². The van der Waals surface area contributed by atoms with Crippen LogP contribution in [0.2, 0.25) is 0 Å². The molecule has 0 N–H and O–H groups in total. The molecule has 2 aromatic carbocycles. The van der Waals surface area contributed by atoms with E-state index in [2.05, 4.69) is 42.5 Å². The summed E-state index contributed by atoms with van der Waals surface area (Å²) in [7, 11) is 0. The predicted octanol–water partition coefficient (Wildman–Crippen LogP) is 4.74. The van der Waals surface area contributed by atoms with Crippen molar-refractivity contribution in [2.45, 2.75) is 49.9 Å². The Bertz CT molecular complexity index is 751. The van der Waals surface area contributed by atoms with Gasteiger partial charge in [-0.15, -0.1) is 0 Å². The maximum absolute atomic E-state index is 6.44. The van der Waals surface area contributed by atoms with E-state index in [0.29, 0.717) is 13.0 Å². The molecule has 2 aromatic rings. The van der Waals surface area contributed by atoms with Crippen LogP contribution in [0.5, 0.6) is 0 Å². The van der Waals surface area contributed by atoms with E-state index >= 15 is 0 Å². The van der Waals surface area contributed by atoms with Crippen LogP contribution in [0.3, 0.4) is 0 Å². The van der Waals surface area contributed by atoms with Gasteiger partial charge in [0.05, 0.1) is 6.61 Å². The summed E-state index contributed by atoms with van der Waals surface area (Å²) in [5.41, 5.74) is 4.54. The first-order valence-corrected chi connectivity index (χ1v) is 8.99. The molecule has 124 valence electrons. The predicted molar refractivity (Wildman–Crippen MR) is 91.2 cm³/mol. The van der Waals surface area contributed by atoms with E-state index in [1.807, 2.05) is 6.07 Å². The molecule has 24 heavy (non-hydrogen) atoms. The summed E-state index contributed by atoms with van der Waals surface area (Å²) in [4.78, 5) is 12.1. The summed E-state index contributed by atoms with van der Waals surface area (Å²) in [5.74, 6) is -0.812. The Morgan fingerprint density at radius 1 is 0.750 bits per heavy atom. The van der Waals surface area contributed by atoms with Crippen LogP contribution in [-0.2, 0) is 26.7 Å². The Labute approximate surface area is 142 Å². The van der Waals surface area contributed by atoms with Crippen molar-refractivity contribution in [1.29, 1.82) is 0 Å². The van der Waals surface area contributed by atoms with Crippen molar-refractivity contribution in [3.05, 3.63) is 59.7 Å². The van der Waals surface area contributed by atoms with Gasteiger partial charge in [0, 0.05) is 12.0 Å². The Kier molecular flexibility index (Phi) is 3.30. The van der Waals surface area contributed by atoms with E-state index < -0.39 is 5.79 Å². The molecular formula is C21H22O3. The van der Waals surface area contributed by atoms with E-state index in [4.69, 9.17) is 14.5 Å².